The lowest BCUT2D eigenvalue weighted by Crippen LogP contribution is -2.24. The molecule has 0 aliphatic heterocycles. The second-order valence-corrected chi connectivity index (χ2v) is 12.3. The van der Waals surface area contributed by atoms with Gasteiger partial charge in [-0.25, -0.2) is 14.1 Å². The van der Waals surface area contributed by atoms with E-state index in [1.807, 2.05) is 33.9 Å². The maximum Gasteiger partial charge on any atom is 0.290 e. The van der Waals surface area contributed by atoms with E-state index in [0.29, 0.717) is 41.2 Å². The summed E-state index contributed by atoms with van der Waals surface area (Å²) >= 11 is 0. The molecular formula is C34H38FN7O4. The van der Waals surface area contributed by atoms with E-state index in [1.165, 1.54) is 24.0 Å². The third-order valence-electron chi connectivity index (χ3n) is 7.80. The van der Waals surface area contributed by atoms with Crippen LogP contribution in [-0.2, 0) is 30.4 Å². The molecule has 2 N–H and O–H groups in total. The number of nitrogens with one attached hydrogen (secondary N) is 1. The number of likely N-dealkylation sites (N-methyl/N-ethyl adjacent to an activating group) is 1. The molecular weight excluding hydrogens is 589 g/mol. The molecule has 46 heavy (non-hydrogen) atoms. The van der Waals surface area contributed by atoms with Gasteiger partial charge in [0.05, 0.1) is 36.2 Å². The highest BCUT2D eigenvalue weighted by Gasteiger charge is 2.21. The van der Waals surface area contributed by atoms with E-state index in [2.05, 4.69) is 25.4 Å². The molecule has 0 saturated heterocycles. The zero-order valence-corrected chi connectivity index (χ0v) is 26.8. The van der Waals surface area contributed by atoms with E-state index in [9.17, 15) is 14.7 Å². The van der Waals surface area contributed by atoms with Gasteiger partial charge >= 0.3 is 0 Å². The highest BCUT2D eigenvalue weighted by Crippen LogP contribution is 2.30. The number of ether oxygens (including phenoxy) is 1. The van der Waals surface area contributed by atoms with Crippen molar-refractivity contribution in [2.24, 2.45) is 7.05 Å². The minimum atomic E-state index is -0.655. The first-order chi connectivity index (χ1) is 21.9. The van der Waals surface area contributed by atoms with Crippen LogP contribution in [0.1, 0.15) is 37.5 Å². The fraction of sp³-hybridized carbons (Fsp3) is 0.324. The minimum Gasteiger partial charge on any atom is -0.392 e. The number of fused-ring (bicyclic) bond motifs is 1. The number of benzene rings is 2. The summed E-state index contributed by atoms with van der Waals surface area (Å²) in [7, 11) is 5.19. The van der Waals surface area contributed by atoms with Crippen LogP contribution in [0.3, 0.4) is 0 Å². The van der Waals surface area contributed by atoms with Crippen LogP contribution in [0.15, 0.2) is 70.5 Å². The van der Waals surface area contributed by atoms with Crippen LogP contribution in [0.2, 0.25) is 0 Å². The van der Waals surface area contributed by atoms with Gasteiger partial charge in [0, 0.05) is 50.0 Å². The average molecular weight is 628 g/mol. The van der Waals surface area contributed by atoms with Crippen LogP contribution in [0.25, 0.3) is 27.7 Å². The van der Waals surface area contributed by atoms with E-state index >= 15 is 4.39 Å². The summed E-state index contributed by atoms with van der Waals surface area (Å²) < 4.78 is 22.7. The van der Waals surface area contributed by atoms with E-state index in [4.69, 9.17) is 4.74 Å². The Morgan fingerprint density at radius 2 is 1.85 bits per heavy atom. The van der Waals surface area contributed by atoms with Crippen LogP contribution < -0.4 is 16.4 Å². The van der Waals surface area contributed by atoms with Crippen molar-refractivity contribution in [3.63, 3.8) is 0 Å². The molecule has 0 saturated carbocycles. The number of rotatable bonds is 10. The van der Waals surface area contributed by atoms with Crippen molar-refractivity contribution >= 4 is 22.3 Å². The Bertz CT molecular complexity index is 2000. The summed E-state index contributed by atoms with van der Waals surface area (Å²) in [5.74, 6) is -0.169. The number of aliphatic hydroxyl groups is 1. The number of pyridine rings is 1. The Hall–Kier alpha value is -4.78. The normalized spacial score (nSPS) is 11.8. The van der Waals surface area contributed by atoms with Gasteiger partial charge in [-0.2, -0.15) is 14.9 Å². The summed E-state index contributed by atoms with van der Waals surface area (Å²) in [5.41, 5.74) is 2.05. The molecule has 0 amide bonds. The minimum absolute atomic E-state index is 0.0934. The number of anilines is 2. The lowest BCUT2D eigenvalue weighted by atomic mass is 9.86. The Labute approximate surface area is 265 Å². The predicted molar refractivity (Wildman–Crippen MR) is 176 cm³/mol. The zero-order chi connectivity index (χ0) is 33.2. The molecule has 0 atom stereocenters. The molecule has 3 aromatic heterocycles. The molecule has 0 fully saturated rings. The second kappa shape index (κ2) is 13.3. The smallest absolute Gasteiger partial charge is 0.290 e. The van der Waals surface area contributed by atoms with Crippen molar-refractivity contribution in [2.75, 3.05) is 32.6 Å². The third kappa shape index (κ3) is 6.74. The van der Waals surface area contributed by atoms with E-state index in [0.717, 1.165) is 22.4 Å². The van der Waals surface area contributed by atoms with Gasteiger partial charge in [-0.3, -0.25) is 14.5 Å². The van der Waals surface area contributed by atoms with E-state index < -0.39 is 18.0 Å². The van der Waals surface area contributed by atoms with E-state index in [1.54, 1.807) is 49.7 Å². The molecule has 12 heteroatoms. The number of aromatic nitrogens is 5. The van der Waals surface area contributed by atoms with E-state index in [-0.39, 0.29) is 27.7 Å². The van der Waals surface area contributed by atoms with Crippen LogP contribution in [0.4, 0.5) is 15.9 Å². The van der Waals surface area contributed by atoms with Crippen molar-refractivity contribution in [3.8, 4) is 16.9 Å². The number of nitrogens with zero attached hydrogens (tertiary/aromatic N) is 6. The van der Waals surface area contributed by atoms with Gasteiger partial charge in [0.1, 0.15) is 17.3 Å². The third-order valence-corrected chi connectivity index (χ3v) is 7.80. The fourth-order valence-corrected chi connectivity index (χ4v) is 5.22. The molecule has 0 bridgehead atoms. The number of hydrogen-bond acceptors (Lipinski definition) is 9. The van der Waals surface area contributed by atoms with Gasteiger partial charge in [0.2, 0.25) is 0 Å². The van der Waals surface area contributed by atoms with Gasteiger partial charge in [-0.05, 0) is 53.9 Å². The largest absolute Gasteiger partial charge is 0.392 e. The topological polar surface area (TPSA) is 127 Å². The van der Waals surface area contributed by atoms with Crippen molar-refractivity contribution < 1.29 is 14.2 Å². The maximum atomic E-state index is 15.3. The van der Waals surface area contributed by atoms with Crippen molar-refractivity contribution in [1.82, 2.24) is 29.4 Å². The molecule has 0 radical (unpaired) electrons. The Kier molecular flexibility index (Phi) is 9.42. The van der Waals surface area contributed by atoms with Crippen LogP contribution in [0.5, 0.6) is 0 Å². The lowest BCUT2D eigenvalue weighted by molar-refractivity contribution is 0.158. The molecule has 0 spiro atoms. The summed E-state index contributed by atoms with van der Waals surface area (Å²) in [6, 6.07) is 13.5. The Morgan fingerprint density at radius 1 is 1.07 bits per heavy atom. The van der Waals surface area contributed by atoms with Crippen molar-refractivity contribution in [2.45, 2.75) is 39.3 Å². The molecule has 5 aromatic rings. The standard InChI is InChI=1S/C34H38FN7O4/c1-34(2,3)23-14-22-18-37-42(33(45)31(22)26(35)15-23)29-9-7-8-24(25(29)20-43)27-16-28(32(44)41(5)39-27)38-30-11-10-21(17-36-30)19-40(4)12-13-46-6/h7-11,14-18,43H,12-13,19-20H2,1-6H3,(H,36,38). The van der Waals surface area contributed by atoms with Crippen LogP contribution >= 0.6 is 0 Å². The molecule has 3 heterocycles. The van der Waals surface area contributed by atoms with Gasteiger partial charge < -0.3 is 15.2 Å². The number of hydrogen-bond donors (Lipinski definition) is 2. The van der Waals surface area contributed by atoms with Crippen LogP contribution in [-0.4, -0.2) is 61.9 Å². The zero-order valence-electron chi connectivity index (χ0n) is 26.8. The van der Waals surface area contributed by atoms with Gasteiger partial charge in [-0.15, -0.1) is 0 Å². The molecule has 0 aliphatic rings. The predicted octanol–water partition coefficient (Wildman–Crippen LogP) is 4.29. The Morgan fingerprint density at radius 3 is 2.52 bits per heavy atom. The lowest BCUT2D eigenvalue weighted by Gasteiger charge is -2.20. The SMILES string of the molecule is COCCN(C)Cc1ccc(Nc2cc(-c3cccc(-n4ncc5cc(C(C)(C)C)cc(F)c5c4=O)c3CO)nn(C)c2=O)nc1. The number of halogens is 1. The summed E-state index contributed by atoms with van der Waals surface area (Å²) in [6.07, 6.45) is 3.19. The van der Waals surface area contributed by atoms with Crippen LogP contribution in [0, 0.1) is 5.82 Å². The molecule has 0 unspecified atom stereocenters. The molecule has 11 nitrogen and oxygen atoms in total. The van der Waals surface area contributed by atoms with Gasteiger partial charge in [0.15, 0.2) is 0 Å². The number of methoxy groups -OCH3 is 1. The number of aryl methyl sites for hydroxylation is 1. The Balaban J connectivity index is 1.51. The summed E-state index contributed by atoms with van der Waals surface area (Å²) in [5, 5.41) is 22.7. The fourth-order valence-electron chi connectivity index (χ4n) is 5.22. The number of aliphatic hydroxyl groups excluding tert-OH is 1. The first-order valence-corrected chi connectivity index (χ1v) is 14.8. The quantitative estimate of drug-likeness (QED) is 0.233. The van der Waals surface area contributed by atoms with Gasteiger partial charge in [0.25, 0.3) is 11.1 Å². The summed E-state index contributed by atoms with van der Waals surface area (Å²) in [6.45, 7) is 7.53. The molecule has 2 aromatic carbocycles. The monoisotopic (exact) mass is 627 g/mol. The molecule has 240 valence electrons. The molecule has 0 aliphatic carbocycles. The summed E-state index contributed by atoms with van der Waals surface area (Å²) in [4.78, 5) is 33.2. The second-order valence-electron chi connectivity index (χ2n) is 12.3. The maximum absolute atomic E-state index is 15.3. The van der Waals surface area contributed by atoms with Crippen molar-refractivity contribution in [1.29, 1.82) is 0 Å². The molecule has 5 rings (SSSR count). The first-order valence-electron chi connectivity index (χ1n) is 14.8. The highest BCUT2D eigenvalue weighted by molar-refractivity contribution is 5.83. The average Bonchev–Trinajstić information content (AvgIpc) is 3.02. The highest BCUT2D eigenvalue weighted by atomic mass is 19.1. The first kappa shape index (κ1) is 32.6. The van der Waals surface area contributed by atoms with Gasteiger partial charge in [-0.1, -0.05) is 39.0 Å². The van der Waals surface area contributed by atoms with Crippen molar-refractivity contribution in [3.05, 3.63) is 104 Å².